The fourth-order valence-corrected chi connectivity index (χ4v) is 2.70. The van der Waals surface area contributed by atoms with E-state index in [1.165, 1.54) is 26.1 Å². The highest BCUT2D eigenvalue weighted by Gasteiger charge is 2.33. The second-order valence-electron chi connectivity index (χ2n) is 6.86. The van der Waals surface area contributed by atoms with E-state index in [-0.39, 0.29) is 25.4 Å². The molecule has 0 spiro atoms. The number of hydrogen-bond acceptors (Lipinski definition) is 8. The number of carbonyl (C=O) groups excluding carboxylic acids is 4. The van der Waals surface area contributed by atoms with E-state index in [1.807, 2.05) is 0 Å². The van der Waals surface area contributed by atoms with E-state index >= 15 is 0 Å². The van der Waals surface area contributed by atoms with Gasteiger partial charge in [0.2, 0.25) is 5.91 Å². The number of benzene rings is 1. The molecule has 0 unspecified atom stereocenters. The smallest absolute Gasteiger partial charge is 0.436 e. The Hall–Kier alpha value is -3.70. The Balaban J connectivity index is 1.81. The second-order valence-corrected chi connectivity index (χ2v) is 6.86. The molecule has 1 aliphatic heterocycles. The average Bonchev–Trinajstić information content (AvgIpc) is 3.11. The first-order valence-electron chi connectivity index (χ1n) is 9.58. The lowest BCUT2D eigenvalue weighted by Gasteiger charge is -2.17. The lowest BCUT2D eigenvalue weighted by Crippen LogP contribution is -2.46. The number of anilines is 1. The number of methoxy groups -OCH3 is 1. The van der Waals surface area contributed by atoms with Gasteiger partial charge in [0.05, 0.1) is 20.1 Å². The minimum atomic E-state index is -0.641. The standard InChI is InChI=1S/C19H26N6O6/c1-24(2)19(29)31-23-21-12-13-4-6-14(7-5-13)25-11-9-15(17(25)27)22-18(28)20-10-8-16(26)30-3/h4-7,15H,8-12H2,1-3H3,(H2,20,22,28)/t15-/m0/s1. The highest BCUT2D eigenvalue weighted by Crippen LogP contribution is 2.22. The van der Waals surface area contributed by atoms with E-state index in [0.29, 0.717) is 18.7 Å². The van der Waals surface area contributed by atoms with Gasteiger partial charge in [-0.2, -0.15) is 0 Å². The molecule has 0 aliphatic carbocycles. The van der Waals surface area contributed by atoms with Gasteiger partial charge in [-0.25, -0.2) is 9.59 Å². The molecule has 0 bridgehead atoms. The Bertz CT molecular complexity index is 826. The first-order valence-corrected chi connectivity index (χ1v) is 9.58. The number of hydrogen-bond donors (Lipinski definition) is 2. The number of rotatable bonds is 8. The third-order valence-corrected chi connectivity index (χ3v) is 4.40. The molecule has 0 saturated carbocycles. The zero-order chi connectivity index (χ0) is 22.8. The van der Waals surface area contributed by atoms with Crippen molar-refractivity contribution in [1.29, 1.82) is 0 Å². The Morgan fingerprint density at radius 3 is 2.58 bits per heavy atom. The van der Waals surface area contributed by atoms with Crippen molar-refractivity contribution in [3.05, 3.63) is 29.8 Å². The van der Waals surface area contributed by atoms with Crippen LogP contribution >= 0.6 is 0 Å². The van der Waals surface area contributed by atoms with Crippen molar-refractivity contribution in [3.63, 3.8) is 0 Å². The maximum absolute atomic E-state index is 12.6. The SMILES string of the molecule is COC(=O)CCNC(=O)N[C@H]1CCN(c2ccc(CN=NOC(=O)N(C)C)cc2)C1=O. The summed E-state index contributed by atoms with van der Waals surface area (Å²) in [6.45, 7) is 0.798. The van der Waals surface area contributed by atoms with Gasteiger partial charge in [-0.05, 0) is 24.1 Å². The summed E-state index contributed by atoms with van der Waals surface area (Å²) in [6, 6.07) is 5.96. The first kappa shape index (κ1) is 23.6. The topological polar surface area (TPSA) is 142 Å². The van der Waals surface area contributed by atoms with Crippen LogP contribution < -0.4 is 15.5 Å². The summed E-state index contributed by atoms with van der Waals surface area (Å²) in [5.41, 5.74) is 1.51. The Labute approximate surface area is 179 Å². The maximum Gasteiger partial charge on any atom is 0.436 e. The van der Waals surface area contributed by atoms with Crippen LogP contribution in [0.3, 0.4) is 0 Å². The third-order valence-electron chi connectivity index (χ3n) is 4.40. The number of amides is 4. The zero-order valence-corrected chi connectivity index (χ0v) is 17.7. The van der Waals surface area contributed by atoms with Gasteiger partial charge in [0.1, 0.15) is 6.04 Å². The summed E-state index contributed by atoms with van der Waals surface area (Å²) in [7, 11) is 4.34. The molecule has 12 nitrogen and oxygen atoms in total. The maximum atomic E-state index is 12.6. The molecule has 2 N–H and O–H groups in total. The van der Waals surface area contributed by atoms with Crippen molar-refractivity contribution in [2.75, 3.05) is 39.2 Å². The fraction of sp³-hybridized carbons (Fsp3) is 0.474. The average molecular weight is 434 g/mol. The van der Waals surface area contributed by atoms with Gasteiger partial charge in [0, 0.05) is 38.1 Å². The third kappa shape index (κ3) is 7.24. The normalized spacial score (nSPS) is 15.6. The summed E-state index contributed by atoms with van der Waals surface area (Å²) >= 11 is 0. The summed E-state index contributed by atoms with van der Waals surface area (Å²) in [5.74, 6) is -0.644. The summed E-state index contributed by atoms with van der Waals surface area (Å²) in [5, 5.41) is 12.3. The van der Waals surface area contributed by atoms with Crippen LogP contribution in [0, 0.1) is 0 Å². The molecule has 168 valence electrons. The van der Waals surface area contributed by atoms with E-state index < -0.39 is 24.1 Å². The van der Waals surface area contributed by atoms with E-state index in [4.69, 9.17) is 0 Å². The molecule has 12 heteroatoms. The second kappa shape index (κ2) is 11.5. The Morgan fingerprint density at radius 2 is 1.94 bits per heavy atom. The predicted molar refractivity (Wildman–Crippen MR) is 109 cm³/mol. The molecule has 1 aromatic rings. The highest BCUT2D eigenvalue weighted by molar-refractivity contribution is 6.01. The molecule has 1 aliphatic rings. The molecule has 1 saturated heterocycles. The monoisotopic (exact) mass is 434 g/mol. The molecule has 1 atom stereocenters. The van der Waals surface area contributed by atoms with Crippen LogP contribution in [0.5, 0.6) is 0 Å². The molecule has 0 aromatic heterocycles. The Kier molecular flexibility index (Phi) is 8.73. The molecule has 2 rings (SSSR count). The lowest BCUT2D eigenvalue weighted by molar-refractivity contribution is -0.140. The van der Waals surface area contributed by atoms with Crippen molar-refractivity contribution in [1.82, 2.24) is 15.5 Å². The largest absolute Gasteiger partial charge is 0.469 e. The van der Waals surface area contributed by atoms with Gasteiger partial charge in [0.25, 0.3) is 0 Å². The fourth-order valence-electron chi connectivity index (χ4n) is 2.70. The minimum absolute atomic E-state index is 0.0542. The van der Waals surface area contributed by atoms with Gasteiger partial charge >= 0.3 is 18.1 Å². The van der Waals surface area contributed by atoms with E-state index in [2.05, 4.69) is 30.6 Å². The predicted octanol–water partition coefficient (Wildman–Crippen LogP) is 1.22. The van der Waals surface area contributed by atoms with Crippen molar-refractivity contribution in [2.45, 2.75) is 25.4 Å². The number of urea groups is 1. The molecule has 4 amide bonds. The summed E-state index contributed by atoms with van der Waals surface area (Å²) < 4.78 is 4.50. The molecular formula is C19H26N6O6. The quantitative estimate of drug-likeness (QED) is 0.358. The molecule has 31 heavy (non-hydrogen) atoms. The number of ether oxygens (including phenoxy) is 1. The molecule has 1 aromatic carbocycles. The van der Waals surface area contributed by atoms with Crippen LogP contribution in [0.15, 0.2) is 34.7 Å². The van der Waals surface area contributed by atoms with Gasteiger partial charge in [-0.15, -0.1) is 5.11 Å². The first-order chi connectivity index (χ1) is 14.8. The van der Waals surface area contributed by atoms with Crippen molar-refractivity contribution >= 4 is 29.7 Å². The number of carbonyl (C=O) groups is 4. The van der Waals surface area contributed by atoms with Crippen LogP contribution in [-0.4, -0.2) is 69.2 Å². The van der Waals surface area contributed by atoms with Crippen LogP contribution in [0.4, 0.5) is 15.3 Å². The van der Waals surface area contributed by atoms with Gasteiger partial charge < -0.3 is 25.2 Å². The molecule has 1 fully saturated rings. The van der Waals surface area contributed by atoms with E-state index in [0.717, 1.165) is 5.56 Å². The highest BCUT2D eigenvalue weighted by atomic mass is 16.7. The van der Waals surface area contributed by atoms with Crippen molar-refractivity contribution in [3.8, 4) is 0 Å². The van der Waals surface area contributed by atoms with Crippen molar-refractivity contribution in [2.24, 2.45) is 10.4 Å². The molecular weight excluding hydrogens is 408 g/mol. The molecule has 0 radical (unpaired) electrons. The summed E-state index contributed by atoms with van der Waals surface area (Å²) in [6.07, 6.45) is -0.0956. The van der Waals surface area contributed by atoms with E-state index in [9.17, 15) is 19.2 Å². The van der Waals surface area contributed by atoms with Crippen LogP contribution in [0.2, 0.25) is 0 Å². The number of nitrogens with one attached hydrogen (secondary N) is 2. The summed E-state index contributed by atoms with van der Waals surface area (Å²) in [4.78, 5) is 54.2. The van der Waals surface area contributed by atoms with Crippen LogP contribution in [-0.2, 0) is 25.7 Å². The zero-order valence-electron chi connectivity index (χ0n) is 17.7. The minimum Gasteiger partial charge on any atom is -0.469 e. The number of nitrogens with zero attached hydrogens (tertiary/aromatic N) is 4. The van der Waals surface area contributed by atoms with Crippen LogP contribution in [0.25, 0.3) is 0 Å². The van der Waals surface area contributed by atoms with Crippen LogP contribution in [0.1, 0.15) is 18.4 Å². The van der Waals surface area contributed by atoms with Gasteiger partial charge in [-0.1, -0.05) is 12.1 Å². The molecule has 1 heterocycles. The van der Waals surface area contributed by atoms with Crippen molar-refractivity contribution < 1.29 is 28.8 Å². The van der Waals surface area contributed by atoms with E-state index in [1.54, 1.807) is 29.2 Å². The van der Waals surface area contributed by atoms with Gasteiger partial charge in [-0.3, -0.25) is 14.4 Å². The Morgan fingerprint density at radius 1 is 1.23 bits per heavy atom. The number of esters is 1. The van der Waals surface area contributed by atoms with Gasteiger partial charge in [0.15, 0.2) is 0 Å². The lowest BCUT2D eigenvalue weighted by atomic mass is 10.2.